The van der Waals surface area contributed by atoms with Crippen molar-refractivity contribution in [1.82, 2.24) is 4.90 Å². The molecule has 0 N–H and O–H groups in total. The molecular formula is C36H48ClN3. The van der Waals surface area contributed by atoms with Gasteiger partial charge in [-0.05, 0) is 137 Å². The Balaban J connectivity index is 1.17. The van der Waals surface area contributed by atoms with Gasteiger partial charge in [-0.3, -0.25) is 0 Å². The van der Waals surface area contributed by atoms with Crippen LogP contribution in [0.25, 0.3) is 0 Å². The van der Waals surface area contributed by atoms with Gasteiger partial charge in [0.15, 0.2) is 0 Å². The topological polar surface area (TPSA) is 9.72 Å². The van der Waals surface area contributed by atoms with E-state index in [9.17, 15) is 0 Å². The number of anilines is 3. The molecule has 3 nitrogen and oxygen atoms in total. The fourth-order valence-corrected chi connectivity index (χ4v) is 6.95. The van der Waals surface area contributed by atoms with Crippen LogP contribution in [-0.2, 0) is 6.42 Å². The molecule has 1 saturated carbocycles. The van der Waals surface area contributed by atoms with Crippen LogP contribution in [0.4, 0.5) is 17.1 Å². The number of hydrogen-bond acceptors (Lipinski definition) is 3. The molecule has 0 aromatic heterocycles. The molecule has 1 atom stereocenters. The minimum atomic E-state index is 0.526. The third-order valence-electron chi connectivity index (χ3n) is 9.40. The van der Waals surface area contributed by atoms with Crippen molar-refractivity contribution in [2.45, 2.75) is 72.3 Å². The number of hydrogen-bond donors (Lipinski definition) is 0. The lowest BCUT2D eigenvalue weighted by Crippen LogP contribution is -2.47. The number of piperidine rings is 1. The van der Waals surface area contributed by atoms with Gasteiger partial charge in [0.1, 0.15) is 0 Å². The van der Waals surface area contributed by atoms with Crippen LogP contribution in [0.1, 0.15) is 61.3 Å². The molecule has 3 aromatic rings. The average Bonchev–Trinajstić information content (AvgIpc) is 2.91. The van der Waals surface area contributed by atoms with Gasteiger partial charge in [-0.1, -0.05) is 48.4 Å². The maximum atomic E-state index is 6.57. The van der Waals surface area contributed by atoms with Crippen LogP contribution in [0.2, 0.25) is 5.02 Å². The van der Waals surface area contributed by atoms with Crippen molar-refractivity contribution in [1.29, 1.82) is 0 Å². The molecule has 2 aliphatic rings. The monoisotopic (exact) mass is 557 g/mol. The third kappa shape index (κ3) is 7.04. The van der Waals surface area contributed by atoms with Crippen LogP contribution in [0.15, 0.2) is 60.7 Å². The minimum Gasteiger partial charge on any atom is -0.367 e. The van der Waals surface area contributed by atoms with Gasteiger partial charge in [0.25, 0.3) is 0 Å². The summed E-state index contributed by atoms with van der Waals surface area (Å²) < 4.78 is 0. The van der Waals surface area contributed by atoms with E-state index in [1.54, 1.807) is 0 Å². The maximum Gasteiger partial charge on any atom is 0.0645 e. The molecule has 1 aliphatic heterocycles. The van der Waals surface area contributed by atoms with E-state index in [4.69, 9.17) is 11.6 Å². The summed E-state index contributed by atoms with van der Waals surface area (Å²) in [6, 6.07) is 22.8. The number of aryl methyl sites for hydroxylation is 3. The first-order chi connectivity index (χ1) is 19.3. The lowest BCUT2D eigenvalue weighted by atomic mass is 9.84. The molecule has 3 aromatic carbocycles. The number of likely N-dealkylation sites (tertiary alicyclic amines) is 1. The molecule has 1 unspecified atom stereocenters. The van der Waals surface area contributed by atoms with Crippen molar-refractivity contribution in [3.05, 3.63) is 87.9 Å². The lowest BCUT2D eigenvalue weighted by Gasteiger charge is -2.41. The van der Waals surface area contributed by atoms with E-state index >= 15 is 0 Å². The van der Waals surface area contributed by atoms with Crippen molar-refractivity contribution < 1.29 is 0 Å². The Morgan fingerprint density at radius 2 is 1.57 bits per heavy atom. The summed E-state index contributed by atoms with van der Waals surface area (Å²) in [7, 11) is 2.11. The van der Waals surface area contributed by atoms with Crippen LogP contribution in [-0.4, -0.2) is 44.2 Å². The number of benzene rings is 3. The zero-order valence-electron chi connectivity index (χ0n) is 25.3. The lowest BCUT2D eigenvalue weighted by molar-refractivity contribution is 0.173. The van der Waals surface area contributed by atoms with E-state index in [1.807, 2.05) is 6.07 Å². The maximum absolute atomic E-state index is 6.57. The van der Waals surface area contributed by atoms with Gasteiger partial charge in [0.2, 0.25) is 0 Å². The molecule has 5 rings (SSSR count). The Morgan fingerprint density at radius 3 is 2.27 bits per heavy atom. The second-order valence-corrected chi connectivity index (χ2v) is 13.1. The Morgan fingerprint density at radius 1 is 0.850 bits per heavy atom. The molecule has 0 spiro atoms. The van der Waals surface area contributed by atoms with Crippen molar-refractivity contribution in [2.24, 2.45) is 11.8 Å². The Bertz CT molecular complexity index is 1270. The van der Waals surface area contributed by atoms with E-state index in [0.29, 0.717) is 6.04 Å². The van der Waals surface area contributed by atoms with Crippen LogP contribution in [0, 0.1) is 32.6 Å². The molecule has 1 aliphatic carbocycles. The molecule has 0 radical (unpaired) electrons. The summed E-state index contributed by atoms with van der Waals surface area (Å²) in [6.07, 6.45) is 7.92. The highest BCUT2D eigenvalue weighted by Crippen LogP contribution is 2.34. The fourth-order valence-electron chi connectivity index (χ4n) is 6.59. The summed E-state index contributed by atoms with van der Waals surface area (Å²) in [5.74, 6) is 1.62. The first kappa shape index (κ1) is 29.0. The minimum absolute atomic E-state index is 0.526. The smallest absolute Gasteiger partial charge is 0.0645 e. The van der Waals surface area contributed by atoms with Crippen molar-refractivity contribution in [2.75, 3.05) is 43.0 Å². The average molecular weight is 558 g/mol. The zero-order valence-corrected chi connectivity index (χ0v) is 26.1. The molecule has 214 valence electrons. The van der Waals surface area contributed by atoms with Crippen LogP contribution < -0.4 is 9.80 Å². The summed E-state index contributed by atoms with van der Waals surface area (Å²) in [5.41, 5.74) is 9.10. The first-order valence-corrected chi connectivity index (χ1v) is 15.8. The highest BCUT2D eigenvalue weighted by atomic mass is 35.5. The van der Waals surface area contributed by atoms with Crippen molar-refractivity contribution in [3.63, 3.8) is 0 Å². The SMILES string of the molecule is Cc1ccc(N(C)c2cccc(CC3CCN(CC(C)N(CC4CCC4)c4cc(C)ccc4C)CC3)c2)c(Cl)c1. The van der Waals surface area contributed by atoms with Crippen molar-refractivity contribution >= 4 is 28.7 Å². The number of nitrogens with zero attached hydrogens (tertiary/aromatic N) is 3. The Kier molecular flexibility index (Phi) is 9.43. The van der Waals surface area contributed by atoms with E-state index in [-0.39, 0.29) is 0 Å². The highest BCUT2D eigenvalue weighted by molar-refractivity contribution is 6.33. The first-order valence-electron chi connectivity index (χ1n) is 15.4. The summed E-state index contributed by atoms with van der Waals surface area (Å²) in [5, 5.41) is 0.804. The zero-order chi connectivity index (χ0) is 28.2. The van der Waals surface area contributed by atoms with Crippen LogP contribution >= 0.6 is 11.6 Å². The predicted octanol–water partition coefficient (Wildman–Crippen LogP) is 8.98. The predicted molar refractivity (Wildman–Crippen MR) is 174 cm³/mol. The van der Waals surface area contributed by atoms with E-state index in [0.717, 1.165) is 35.5 Å². The number of halogens is 1. The van der Waals surface area contributed by atoms with Gasteiger partial charge >= 0.3 is 0 Å². The van der Waals surface area contributed by atoms with Gasteiger partial charge < -0.3 is 14.7 Å². The van der Waals surface area contributed by atoms with E-state index < -0.39 is 0 Å². The Labute approximate surface area is 248 Å². The van der Waals surface area contributed by atoms with Crippen molar-refractivity contribution in [3.8, 4) is 0 Å². The Hall–Kier alpha value is -2.49. The molecule has 0 amide bonds. The summed E-state index contributed by atoms with van der Waals surface area (Å²) in [6.45, 7) is 13.8. The third-order valence-corrected chi connectivity index (χ3v) is 9.70. The van der Waals surface area contributed by atoms with Gasteiger partial charge in [-0.25, -0.2) is 0 Å². The largest absolute Gasteiger partial charge is 0.367 e. The molecule has 2 fully saturated rings. The molecule has 1 heterocycles. The quantitative estimate of drug-likeness (QED) is 0.246. The molecule has 4 heteroatoms. The van der Waals surface area contributed by atoms with Crippen LogP contribution in [0.5, 0.6) is 0 Å². The molecule has 1 saturated heterocycles. The molecule has 40 heavy (non-hydrogen) atoms. The van der Waals surface area contributed by atoms with Gasteiger partial charge in [0, 0.05) is 37.6 Å². The van der Waals surface area contributed by atoms with E-state index in [1.165, 1.54) is 85.4 Å². The highest BCUT2D eigenvalue weighted by Gasteiger charge is 2.27. The van der Waals surface area contributed by atoms with Gasteiger partial charge in [-0.2, -0.15) is 0 Å². The molecule has 0 bridgehead atoms. The van der Waals surface area contributed by atoms with Crippen LogP contribution in [0.3, 0.4) is 0 Å². The second kappa shape index (κ2) is 13.0. The molecular weight excluding hydrogens is 510 g/mol. The van der Waals surface area contributed by atoms with E-state index in [2.05, 4.69) is 104 Å². The number of rotatable bonds is 10. The van der Waals surface area contributed by atoms with Gasteiger partial charge in [-0.15, -0.1) is 0 Å². The summed E-state index contributed by atoms with van der Waals surface area (Å²) in [4.78, 5) is 7.67. The standard InChI is InChI=1S/C36H48ClN3/c1-26-13-15-35(34(37)20-26)38(5)33-11-7-10-32(23-33)22-30-16-18-39(19-17-30)24-29(4)40(25-31-8-6-9-31)36-21-27(2)12-14-28(36)3/h7,10-15,20-21,23,29-31H,6,8-9,16-19,22,24-25H2,1-5H3. The fraction of sp³-hybridized carbons (Fsp3) is 0.500. The summed E-state index contributed by atoms with van der Waals surface area (Å²) >= 11 is 6.57. The second-order valence-electron chi connectivity index (χ2n) is 12.7. The van der Waals surface area contributed by atoms with Gasteiger partial charge in [0.05, 0.1) is 10.7 Å². The normalized spacial score (nSPS) is 17.4.